The van der Waals surface area contributed by atoms with Crippen LogP contribution in [0.3, 0.4) is 0 Å². The maximum atomic E-state index is 6.38. The minimum absolute atomic E-state index is 0.205. The second-order valence-corrected chi connectivity index (χ2v) is 18.1. The first-order valence-electron chi connectivity index (χ1n) is 22.0. The van der Waals surface area contributed by atoms with E-state index in [-0.39, 0.29) is 5.41 Å². The largest absolute Gasteiger partial charge is 0.456 e. The van der Waals surface area contributed by atoms with Crippen LogP contribution in [0.5, 0.6) is 0 Å². The molecule has 0 saturated heterocycles. The van der Waals surface area contributed by atoms with Gasteiger partial charge >= 0.3 is 0 Å². The molecule has 14 rings (SSSR count). The molecule has 5 aliphatic rings. The topological polar surface area (TPSA) is 16.4 Å². The van der Waals surface area contributed by atoms with Crippen LogP contribution < -0.4 is 4.90 Å². The van der Waals surface area contributed by atoms with E-state index >= 15 is 0 Å². The molecular formula is C58H45NO. The molecule has 2 heteroatoms. The van der Waals surface area contributed by atoms with Crippen LogP contribution in [0.25, 0.3) is 66.4 Å². The lowest BCUT2D eigenvalue weighted by atomic mass is 9.43. The SMILES string of the molecule is c1ccc(-c2ccc(N(c3ccc(-c4cccc(-c5ccc6c(c5)-c5ccccc5C65C6CC7CC(C6)CC5C7)c4)cc3)c3ccc4c(c3)oc3ccccc34)cc2)cc1. The van der Waals surface area contributed by atoms with Crippen molar-refractivity contribution in [3.05, 3.63) is 199 Å². The van der Waals surface area contributed by atoms with Gasteiger partial charge in [-0.3, -0.25) is 0 Å². The normalized spacial score (nSPS) is 22.1. The van der Waals surface area contributed by atoms with Crippen LogP contribution in [-0.4, -0.2) is 0 Å². The molecule has 4 saturated carbocycles. The van der Waals surface area contributed by atoms with E-state index in [9.17, 15) is 0 Å². The van der Waals surface area contributed by atoms with Crippen LogP contribution in [0.4, 0.5) is 17.1 Å². The number of hydrogen-bond acceptors (Lipinski definition) is 2. The molecule has 4 fully saturated rings. The first-order valence-corrected chi connectivity index (χ1v) is 22.0. The number of fused-ring (bicyclic) bond motifs is 6. The number of benzene rings is 8. The Bertz CT molecular complexity index is 3070. The third-order valence-corrected chi connectivity index (χ3v) is 15.1. The molecule has 9 aromatic rings. The van der Waals surface area contributed by atoms with E-state index in [2.05, 4.69) is 181 Å². The maximum absolute atomic E-state index is 6.38. The predicted octanol–water partition coefficient (Wildman–Crippen LogP) is 15.8. The van der Waals surface area contributed by atoms with Crippen LogP contribution in [0.15, 0.2) is 192 Å². The predicted molar refractivity (Wildman–Crippen MR) is 248 cm³/mol. The lowest BCUT2D eigenvalue weighted by molar-refractivity contribution is -0.0399. The summed E-state index contributed by atoms with van der Waals surface area (Å²) in [7, 11) is 0. The highest BCUT2D eigenvalue weighted by molar-refractivity contribution is 6.06. The summed E-state index contributed by atoms with van der Waals surface area (Å²) < 4.78 is 6.38. The minimum atomic E-state index is 0.205. The minimum Gasteiger partial charge on any atom is -0.456 e. The van der Waals surface area contributed by atoms with E-state index in [1.807, 2.05) is 12.1 Å². The summed E-state index contributed by atoms with van der Waals surface area (Å²) in [6.45, 7) is 0. The van der Waals surface area contributed by atoms with Gasteiger partial charge in [-0.2, -0.15) is 0 Å². The highest BCUT2D eigenvalue weighted by atomic mass is 16.3. The van der Waals surface area contributed by atoms with Gasteiger partial charge in [0.1, 0.15) is 11.2 Å². The van der Waals surface area contributed by atoms with Gasteiger partial charge in [0, 0.05) is 39.3 Å². The molecule has 0 radical (unpaired) electrons. The molecule has 0 aliphatic heterocycles. The van der Waals surface area contributed by atoms with Gasteiger partial charge in [-0.15, -0.1) is 0 Å². The Hall–Kier alpha value is -6.64. The molecule has 1 spiro atoms. The highest BCUT2D eigenvalue weighted by Gasteiger charge is 2.61. The number of nitrogens with zero attached hydrogens (tertiary/aromatic N) is 1. The Balaban J connectivity index is 0.856. The van der Waals surface area contributed by atoms with Crippen molar-refractivity contribution in [2.45, 2.75) is 37.5 Å². The smallest absolute Gasteiger partial charge is 0.137 e. The summed E-state index contributed by atoms with van der Waals surface area (Å²) >= 11 is 0. The molecule has 288 valence electrons. The van der Waals surface area contributed by atoms with E-state index in [4.69, 9.17) is 4.42 Å². The van der Waals surface area contributed by atoms with Crippen molar-refractivity contribution in [1.82, 2.24) is 0 Å². The van der Waals surface area contributed by atoms with Crippen molar-refractivity contribution in [1.29, 1.82) is 0 Å². The molecule has 1 aromatic heterocycles. The third kappa shape index (κ3) is 5.13. The summed E-state index contributed by atoms with van der Waals surface area (Å²) in [6, 6.07) is 69.5. The summed E-state index contributed by atoms with van der Waals surface area (Å²) in [5.74, 6) is 3.47. The highest BCUT2D eigenvalue weighted by Crippen LogP contribution is 2.69. The summed E-state index contributed by atoms with van der Waals surface area (Å²) in [6.07, 6.45) is 7.14. The fourth-order valence-electron chi connectivity index (χ4n) is 12.8. The Morgan fingerprint density at radius 3 is 1.65 bits per heavy atom. The van der Waals surface area contributed by atoms with Crippen molar-refractivity contribution in [2.24, 2.45) is 23.7 Å². The number of furan rings is 1. The molecule has 8 aromatic carbocycles. The summed E-state index contributed by atoms with van der Waals surface area (Å²) in [5, 5.41) is 2.27. The molecule has 0 unspecified atom stereocenters. The van der Waals surface area contributed by atoms with Crippen molar-refractivity contribution in [3.8, 4) is 44.5 Å². The van der Waals surface area contributed by atoms with Gasteiger partial charge < -0.3 is 9.32 Å². The molecule has 0 amide bonds. The second-order valence-electron chi connectivity index (χ2n) is 18.1. The monoisotopic (exact) mass is 771 g/mol. The molecule has 2 nitrogen and oxygen atoms in total. The first kappa shape index (κ1) is 34.2. The fraction of sp³-hybridized carbons (Fsp3) is 0.172. The van der Waals surface area contributed by atoms with Crippen LogP contribution in [0.2, 0.25) is 0 Å². The van der Waals surface area contributed by atoms with Crippen LogP contribution in [0, 0.1) is 23.7 Å². The molecule has 0 N–H and O–H groups in total. The molecule has 1 heterocycles. The second kappa shape index (κ2) is 13.2. The van der Waals surface area contributed by atoms with Crippen molar-refractivity contribution in [3.63, 3.8) is 0 Å². The number of rotatable bonds is 6. The average molecular weight is 772 g/mol. The van der Waals surface area contributed by atoms with Crippen LogP contribution in [-0.2, 0) is 5.41 Å². The summed E-state index contributed by atoms with van der Waals surface area (Å²) in [5.41, 5.74) is 18.8. The van der Waals surface area contributed by atoms with Gasteiger partial charge in [-0.05, 0) is 166 Å². The van der Waals surface area contributed by atoms with Crippen LogP contribution >= 0.6 is 0 Å². The standard InChI is InChI=1S/C58H45NO/c1-2-9-39(10-3-1)40-17-22-47(23-18-40)59(49-26-27-52-51-14-5-7-16-56(51)60-57(52)36-49)48-24-19-41(20-25-48)42-11-8-12-43(34-42)44-21-28-55-53(35-44)50-13-4-6-15-54(50)58(55)45-30-37-29-38(32-45)33-46(58)31-37/h1-28,34-38,45-46H,29-33H2. The van der Waals surface area contributed by atoms with Gasteiger partial charge in [0.15, 0.2) is 0 Å². The van der Waals surface area contributed by atoms with Crippen molar-refractivity contribution < 1.29 is 4.42 Å². The first-order chi connectivity index (χ1) is 29.7. The van der Waals surface area contributed by atoms with Gasteiger partial charge in [0.25, 0.3) is 0 Å². The maximum Gasteiger partial charge on any atom is 0.137 e. The zero-order chi connectivity index (χ0) is 39.4. The Labute approximate surface area is 351 Å². The van der Waals surface area contributed by atoms with E-state index in [0.29, 0.717) is 0 Å². The number of para-hydroxylation sites is 1. The molecule has 0 atom stereocenters. The van der Waals surface area contributed by atoms with E-state index < -0.39 is 0 Å². The van der Waals surface area contributed by atoms with E-state index in [1.165, 1.54) is 76.6 Å². The lowest BCUT2D eigenvalue weighted by Gasteiger charge is -2.61. The Morgan fingerprint density at radius 1 is 0.367 bits per heavy atom. The van der Waals surface area contributed by atoms with Gasteiger partial charge in [0.2, 0.25) is 0 Å². The molecular weight excluding hydrogens is 727 g/mol. The number of hydrogen-bond donors (Lipinski definition) is 0. The summed E-state index contributed by atoms with van der Waals surface area (Å²) in [4.78, 5) is 2.33. The average Bonchev–Trinajstić information content (AvgIpc) is 3.82. The zero-order valence-electron chi connectivity index (χ0n) is 33.6. The molecule has 60 heavy (non-hydrogen) atoms. The quantitative estimate of drug-likeness (QED) is 0.167. The lowest BCUT2D eigenvalue weighted by Crippen LogP contribution is -2.55. The van der Waals surface area contributed by atoms with E-state index in [0.717, 1.165) is 62.7 Å². The van der Waals surface area contributed by atoms with Gasteiger partial charge in [0.05, 0.1) is 0 Å². The van der Waals surface area contributed by atoms with Gasteiger partial charge in [-0.25, -0.2) is 0 Å². The Morgan fingerprint density at radius 2 is 0.900 bits per heavy atom. The van der Waals surface area contributed by atoms with E-state index in [1.54, 1.807) is 11.1 Å². The van der Waals surface area contributed by atoms with Gasteiger partial charge in [-0.1, -0.05) is 127 Å². The van der Waals surface area contributed by atoms with Crippen LogP contribution in [0.1, 0.15) is 43.2 Å². The zero-order valence-corrected chi connectivity index (χ0v) is 33.6. The van der Waals surface area contributed by atoms with Crippen molar-refractivity contribution >= 4 is 39.0 Å². The molecule has 4 bridgehead atoms. The van der Waals surface area contributed by atoms with Crippen molar-refractivity contribution in [2.75, 3.05) is 4.90 Å². The third-order valence-electron chi connectivity index (χ3n) is 15.1. The number of anilines is 3. The molecule has 5 aliphatic carbocycles. The Kier molecular flexibility index (Phi) is 7.52. The fourth-order valence-corrected chi connectivity index (χ4v) is 12.8.